The Kier molecular flexibility index (Phi) is 5.30. The first-order chi connectivity index (χ1) is 10.00. The molecule has 0 amide bonds. The van der Waals surface area contributed by atoms with Crippen LogP contribution < -0.4 is 4.74 Å². The lowest BCUT2D eigenvalue weighted by Crippen LogP contribution is -2.13. The zero-order valence-corrected chi connectivity index (χ0v) is 13.8. The van der Waals surface area contributed by atoms with Crippen LogP contribution in [0.5, 0.6) is 5.75 Å². The summed E-state index contributed by atoms with van der Waals surface area (Å²) in [5, 5.41) is 0.670. The minimum atomic E-state index is 0.296. The van der Waals surface area contributed by atoms with Crippen LogP contribution in [0.3, 0.4) is 0 Å². The van der Waals surface area contributed by atoms with Crippen molar-refractivity contribution in [3.05, 3.63) is 64.7 Å². The number of ether oxygens (including phenoxy) is 1. The summed E-state index contributed by atoms with van der Waals surface area (Å²) in [6.07, 6.45) is 2.18. The van der Waals surface area contributed by atoms with Gasteiger partial charge in [0.15, 0.2) is 0 Å². The van der Waals surface area contributed by atoms with E-state index in [2.05, 4.69) is 45.0 Å². The van der Waals surface area contributed by atoms with Crippen LogP contribution in [0.4, 0.5) is 0 Å². The topological polar surface area (TPSA) is 9.23 Å². The lowest BCUT2D eigenvalue weighted by Gasteiger charge is -2.23. The molecule has 112 valence electrons. The zero-order chi connectivity index (χ0) is 15.3. The largest absolute Gasteiger partial charge is 0.487 e. The number of halogens is 1. The van der Waals surface area contributed by atoms with Crippen LogP contribution in [0.15, 0.2) is 48.5 Å². The van der Waals surface area contributed by atoms with Gasteiger partial charge in [-0.25, -0.2) is 0 Å². The zero-order valence-electron chi connectivity index (χ0n) is 13.0. The van der Waals surface area contributed by atoms with Crippen LogP contribution >= 0.6 is 11.6 Å². The summed E-state index contributed by atoms with van der Waals surface area (Å²) in [4.78, 5) is 0. The quantitative estimate of drug-likeness (QED) is 0.645. The summed E-state index contributed by atoms with van der Waals surface area (Å²) in [6.45, 7) is 7.34. The van der Waals surface area contributed by atoms with E-state index >= 15 is 0 Å². The Hall–Kier alpha value is -1.47. The van der Waals surface area contributed by atoms with E-state index in [4.69, 9.17) is 16.3 Å². The molecule has 2 aromatic carbocycles. The summed E-state index contributed by atoms with van der Waals surface area (Å²) in [6, 6.07) is 16.2. The van der Waals surface area contributed by atoms with Crippen LogP contribution in [0.2, 0.25) is 5.02 Å². The fourth-order valence-corrected chi connectivity index (χ4v) is 2.35. The van der Waals surface area contributed by atoms with E-state index in [1.807, 2.05) is 24.3 Å². The second kappa shape index (κ2) is 7.00. The molecule has 2 aromatic rings. The Bertz CT molecular complexity index is 575. The van der Waals surface area contributed by atoms with Gasteiger partial charge in [-0.2, -0.15) is 0 Å². The van der Waals surface area contributed by atoms with Gasteiger partial charge >= 0.3 is 0 Å². The molecule has 2 rings (SSSR count). The molecule has 0 unspecified atom stereocenters. The van der Waals surface area contributed by atoms with Crippen molar-refractivity contribution in [3.63, 3.8) is 0 Å². The van der Waals surface area contributed by atoms with Crippen molar-refractivity contribution >= 4 is 11.6 Å². The molecule has 0 heterocycles. The van der Waals surface area contributed by atoms with Crippen molar-refractivity contribution < 1.29 is 4.74 Å². The molecule has 0 spiro atoms. The highest BCUT2D eigenvalue weighted by Gasteiger charge is 2.16. The van der Waals surface area contributed by atoms with E-state index in [0.29, 0.717) is 17.0 Å². The molecule has 0 fully saturated rings. The lowest BCUT2D eigenvalue weighted by molar-refractivity contribution is 0.304. The van der Waals surface area contributed by atoms with E-state index in [-0.39, 0.29) is 0 Å². The summed E-state index contributed by atoms with van der Waals surface area (Å²) < 4.78 is 5.88. The average molecular weight is 303 g/mol. The molecular formula is C19H23ClO. The van der Waals surface area contributed by atoms with Crippen LogP contribution in [0.25, 0.3) is 0 Å². The fourth-order valence-electron chi connectivity index (χ4n) is 2.18. The standard InChI is InChI=1S/C19H23ClO/c1-4-19(2,3)13-16-10-11-17(20)18(12-16)21-14-15-8-6-5-7-9-15/h5-12H,4,13-14H2,1-3H3. The molecule has 0 aliphatic carbocycles. The normalized spacial score (nSPS) is 11.4. The highest BCUT2D eigenvalue weighted by molar-refractivity contribution is 6.32. The maximum absolute atomic E-state index is 6.24. The van der Waals surface area contributed by atoms with Crippen LogP contribution in [0, 0.1) is 5.41 Å². The number of benzene rings is 2. The summed E-state index contributed by atoms with van der Waals surface area (Å²) in [5.74, 6) is 0.768. The Morgan fingerprint density at radius 1 is 1.00 bits per heavy atom. The van der Waals surface area contributed by atoms with Gasteiger partial charge in [0.25, 0.3) is 0 Å². The van der Waals surface area contributed by atoms with Gasteiger partial charge in [0.05, 0.1) is 5.02 Å². The highest BCUT2D eigenvalue weighted by Crippen LogP contribution is 2.31. The lowest BCUT2D eigenvalue weighted by atomic mass is 9.83. The maximum Gasteiger partial charge on any atom is 0.138 e. The molecule has 0 saturated carbocycles. The summed E-state index contributed by atoms with van der Waals surface area (Å²) >= 11 is 6.24. The number of rotatable bonds is 6. The van der Waals surface area contributed by atoms with Crippen molar-refractivity contribution in [1.29, 1.82) is 0 Å². The van der Waals surface area contributed by atoms with Gasteiger partial charge in [0.1, 0.15) is 12.4 Å². The Morgan fingerprint density at radius 3 is 2.38 bits per heavy atom. The Morgan fingerprint density at radius 2 is 1.71 bits per heavy atom. The van der Waals surface area contributed by atoms with Gasteiger partial charge in [0, 0.05) is 0 Å². The van der Waals surface area contributed by atoms with Crippen molar-refractivity contribution in [3.8, 4) is 5.75 Å². The van der Waals surface area contributed by atoms with Gasteiger partial charge < -0.3 is 4.74 Å². The predicted octanol–water partition coefficient (Wildman–Crippen LogP) is 5.90. The SMILES string of the molecule is CCC(C)(C)Cc1ccc(Cl)c(OCc2ccccc2)c1. The van der Waals surface area contributed by atoms with Gasteiger partial charge in [0.2, 0.25) is 0 Å². The summed E-state index contributed by atoms with van der Waals surface area (Å²) in [5.41, 5.74) is 2.71. The predicted molar refractivity (Wildman–Crippen MR) is 90.0 cm³/mol. The first kappa shape index (κ1) is 15.9. The molecule has 1 nitrogen and oxygen atoms in total. The minimum absolute atomic E-state index is 0.296. The van der Waals surface area contributed by atoms with Crippen molar-refractivity contribution in [2.45, 2.75) is 40.2 Å². The first-order valence-electron chi connectivity index (χ1n) is 7.45. The molecule has 0 saturated heterocycles. The number of hydrogen-bond donors (Lipinski definition) is 0. The molecule has 0 atom stereocenters. The fraction of sp³-hybridized carbons (Fsp3) is 0.368. The van der Waals surface area contributed by atoms with E-state index in [9.17, 15) is 0 Å². The van der Waals surface area contributed by atoms with E-state index in [0.717, 1.165) is 24.2 Å². The Balaban J connectivity index is 2.08. The van der Waals surface area contributed by atoms with Crippen LogP contribution in [-0.2, 0) is 13.0 Å². The molecule has 0 aliphatic heterocycles. The molecule has 2 heteroatoms. The van der Waals surface area contributed by atoms with E-state index in [1.165, 1.54) is 5.56 Å². The third kappa shape index (κ3) is 4.78. The van der Waals surface area contributed by atoms with E-state index < -0.39 is 0 Å². The Labute approximate surface area is 132 Å². The maximum atomic E-state index is 6.24. The summed E-state index contributed by atoms with van der Waals surface area (Å²) in [7, 11) is 0. The monoisotopic (exact) mass is 302 g/mol. The minimum Gasteiger partial charge on any atom is -0.487 e. The van der Waals surface area contributed by atoms with Gasteiger partial charge in [-0.15, -0.1) is 0 Å². The molecule has 21 heavy (non-hydrogen) atoms. The van der Waals surface area contributed by atoms with Crippen molar-refractivity contribution in [2.75, 3.05) is 0 Å². The molecule has 0 radical (unpaired) electrons. The molecular weight excluding hydrogens is 280 g/mol. The second-order valence-corrected chi connectivity index (χ2v) is 6.64. The third-order valence-corrected chi connectivity index (χ3v) is 4.18. The van der Waals surface area contributed by atoms with Gasteiger partial charge in [-0.05, 0) is 35.1 Å². The van der Waals surface area contributed by atoms with Crippen LogP contribution in [0.1, 0.15) is 38.3 Å². The molecule has 0 aliphatic rings. The van der Waals surface area contributed by atoms with Crippen LogP contribution in [-0.4, -0.2) is 0 Å². The molecule has 0 aromatic heterocycles. The average Bonchev–Trinajstić information content (AvgIpc) is 2.48. The van der Waals surface area contributed by atoms with Gasteiger partial charge in [-0.1, -0.05) is 75.2 Å². The highest BCUT2D eigenvalue weighted by atomic mass is 35.5. The number of hydrogen-bond acceptors (Lipinski definition) is 1. The molecule has 0 N–H and O–H groups in total. The third-order valence-electron chi connectivity index (χ3n) is 3.87. The molecule has 0 bridgehead atoms. The first-order valence-corrected chi connectivity index (χ1v) is 7.83. The van der Waals surface area contributed by atoms with Crippen molar-refractivity contribution in [1.82, 2.24) is 0 Å². The van der Waals surface area contributed by atoms with E-state index in [1.54, 1.807) is 0 Å². The second-order valence-electron chi connectivity index (χ2n) is 6.23. The smallest absolute Gasteiger partial charge is 0.138 e. The van der Waals surface area contributed by atoms with Crippen molar-refractivity contribution in [2.24, 2.45) is 5.41 Å². The van der Waals surface area contributed by atoms with Gasteiger partial charge in [-0.3, -0.25) is 0 Å².